The highest BCUT2D eigenvalue weighted by Crippen LogP contribution is 2.32. The smallest absolute Gasteiger partial charge is 0.404 e. The summed E-state index contributed by atoms with van der Waals surface area (Å²) < 4.78 is 49.2. The van der Waals surface area contributed by atoms with Gasteiger partial charge in [-0.15, -0.1) is 12.6 Å². The zero-order valence-corrected chi connectivity index (χ0v) is 8.16. The summed E-state index contributed by atoms with van der Waals surface area (Å²) in [6.07, 6.45) is -2.57. The Balaban J connectivity index is 5.02. The van der Waals surface area contributed by atoms with Gasteiger partial charge in [-0.25, -0.2) is 4.39 Å². The lowest BCUT2D eigenvalue weighted by Crippen LogP contribution is -2.12. The molecule has 0 amide bonds. The third-order valence-corrected chi connectivity index (χ3v) is 1.57. The maximum absolute atomic E-state index is 12.9. The molecule has 0 fully saturated rings. The van der Waals surface area contributed by atoms with E-state index in [1.165, 1.54) is 0 Å². The van der Waals surface area contributed by atoms with Crippen molar-refractivity contribution in [1.82, 2.24) is 0 Å². The molecule has 0 aliphatic heterocycles. The van der Waals surface area contributed by atoms with Crippen LogP contribution in [0.1, 0.15) is 6.92 Å². The van der Waals surface area contributed by atoms with Gasteiger partial charge >= 0.3 is 6.18 Å². The van der Waals surface area contributed by atoms with E-state index in [9.17, 15) is 17.6 Å². The summed E-state index contributed by atoms with van der Waals surface area (Å²) in [5.74, 6) is -1.41. The Hall–Kier alpha value is -0.910. The summed E-state index contributed by atoms with van der Waals surface area (Å²) in [6, 6.07) is 0. The molecule has 0 heterocycles. The van der Waals surface area contributed by atoms with Crippen LogP contribution in [0.3, 0.4) is 0 Å². The summed E-state index contributed by atoms with van der Waals surface area (Å²) in [5, 5.41) is 0. The summed E-state index contributed by atoms with van der Waals surface area (Å²) >= 11 is 3.62. The van der Waals surface area contributed by atoms with Crippen molar-refractivity contribution in [1.29, 1.82) is 0 Å². The molecular weight excluding hydrogens is 218 g/mol. The third-order valence-electron chi connectivity index (χ3n) is 1.30. The molecule has 0 saturated carbocycles. The molecule has 0 radical (unpaired) electrons. The zero-order valence-electron chi connectivity index (χ0n) is 7.27. The molecule has 2 N–H and O–H groups in total. The van der Waals surface area contributed by atoms with E-state index in [0.29, 0.717) is 12.2 Å². The standard InChI is InChI=1S/C8H9F4NS/c1-2-6(8(10,11)12)7(9)3-5(14)4-13/h2-4,14H,13H2,1H3/b5-4+,6-2+,7-3+. The van der Waals surface area contributed by atoms with Crippen molar-refractivity contribution < 1.29 is 17.6 Å². The molecule has 0 aromatic carbocycles. The first-order valence-electron chi connectivity index (χ1n) is 3.54. The Morgan fingerprint density at radius 1 is 1.36 bits per heavy atom. The zero-order chi connectivity index (χ0) is 11.4. The van der Waals surface area contributed by atoms with Gasteiger partial charge in [0.05, 0.1) is 5.57 Å². The van der Waals surface area contributed by atoms with Crippen LogP contribution in [0, 0.1) is 0 Å². The van der Waals surface area contributed by atoms with Crippen molar-refractivity contribution in [3.63, 3.8) is 0 Å². The van der Waals surface area contributed by atoms with Gasteiger partial charge in [0, 0.05) is 11.1 Å². The van der Waals surface area contributed by atoms with Gasteiger partial charge in [0.15, 0.2) is 0 Å². The second-order valence-electron chi connectivity index (χ2n) is 2.28. The SMILES string of the molecule is C\C=C(/C(F)=C\C(S)=C/N)C(F)(F)F. The van der Waals surface area contributed by atoms with Gasteiger partial charge in [-0.05, 0) is 13.0 Å². The molecule has 0 spiro atoms. The molecule has 0 saturated heterocycles. The Kier molecular flexibility index (Phi) is 4.76. The van der Waals surface area contributed by atoms with Gasteiger partial charge in [0.25, 0.3) is 0 Å². The van der Waals surface area contributed by atoms with Crippen LogP contribution >= 0.6 is 12.6 Å². The number of hydrogen-bond acceptors (Lipinski definition) is 2. The lowest BCUT2D eigenvalue weighted by atomic mass is 10.2. The highest BCUT2D eigenvalue weighted by molar-refractivity contribution is 7.84. The van der Waals surface area contributed by atoms with E-state index in [1.807, 2.05) is 0 Å². The number of halogens is 4. The fraction of sp³-hybridized carbons (Fsp3) is 0.250. The van der Waals surface area contributed by atoms with Crippen molar-refractivity contribution >= 4 is 12.6 Å². The summed E-state index contributed by atoms with van der Waals surface area (Å²) in [4.78, 5) is -0.0777. The molecule has 80 valence electrons. The Labute approximate surface area is 84.4 Å². The first-order chi connectivity index (χ1) is 6.32. The average molecular weight is 227 g/mol. The molecular formula is C8H9F4NS. The van der Waals surface area contributed by atoms with Crippen LogP contribution in [0.15, 0.2) is 34.7 Å². The first-order valence-corrected chi connectivity index (χ1v) is 3.99. The van der Waals surface area contributed by atoms with Crippen molar-refractivity contribution in [2.45, 2.75) is 13.1 Å². The Bertz CT molecular complexity index is 288. The molecule has 0 unspecified atom stereocenters. The van der Waals surface area contributed by atoms with Crippen molar-refractivity contribution in [2.75, 3.05) is 0 Å². The van der Waals surface area contributed by atoms with Gasteiger partial charge < -0.3 is 5.73 Å². The average Bonchev–Trinajstić information content (AvgIpc) is 2.02. The van der Waals surface area contributed by atoms with Crippen LogP contribution in [0.4, 0.5) is 17.6 Å². The minimum atomic E-state index is -4.71. The van der Waals surface area contributed by atoms with E-state index in [1.54, 1.807) is 0 Å². The van der Waals surface area contributed by atoms with Gasteiger partial charge in [0.2, 0.25) is 0 Å². The molecule has 0 aliphatic rings. The number of rotatable bonds is 2. The van der Waals surface area contributed by atoms with Crippen molar-refractivity contribution in [3.05, 3.63) is 34.7 Å². The molecule has 0 bridgehead atoms. The van der Waals surface area contributed by atoms with E-state index in [0.717, 1.165) is 13.1 Å². The number of thiol groups is 1. The molecule has 14 heavy (non-hydrogen) atoms. The normalized spacial score (nSPS) is 16.0. The van der Waals surface area contributed by atoms with E-state index in [-0.39, 0.29) is 4.91 Å². The van der Waals surface area contributed by atoms with Crippen molar-refractivity contribution in [2.24, 2.45) is 5.73 Å². The number of nitrogens with two attached hydrogens (primary N) is 1. The summed E-state index contributed by atoms with van der Waals surface area (Å²) in [5.41, 5.74) is 3.58. The number of hydrogen-bond donors (Lipinski definition) is 2. The number of alkyl halides is 3. The van der Waals surface area contributed by atoms with Gasteiger partial charge in [-0.2, -0.15) is 13.2 Å². The Morgan fingerprint density at radius 2 is 1.86 bits per heavy atom. The lowest BCUT2D eigenvalue weighted by molar-refractivity contribution is -0.0911. The number of allylic oxidation sites excluding steroid dienone is 4. The van der Waals surface area contributed by atoms with E-state index in [2.05, 4.69) is 12.6 Å². The quantitative estimate of drug-likeness (QED) is 0.423. The largest absolute Gasteiger partial charge is 0.418 e. The Morgan fingerprint density at radius 3 is 2.14 bits per heavy atom. The fourth-order valence-corrected chi connectivity index (χ4v) is 0.806. The predicted octanol–water partition coefficient (Wildman–Crippen LogP) is 3.08. The topological polar surface area (TPSA) is 26.0 Å². The first kappa shape index (κ1) is 13.1. The predicted molar refractivity (Wildman–Crippen MR) is 50.3 cm³/mol. The summed E-state index contributed by atoms with van der Waals surface area (Å²) in [7, 11) is 0. The molecule has 0 atom stereocenters. The summed E-state index contributed by atoms with van der Waals surface area (Å²) in [6.45, 7) is 1.10. The minimum Gasteiger partial charge on any atom is -0.404 e. The molecule has 0 rings (SSSR count). The maximum Gasteiger partial charge on any atom is 0.418 e. The van der Waals surface area contributed by atoms with Crippen LogP contribution in [-0.4, -0.2) is 6.18 Å². The van der Waals surface area contributed by atoms with Crippen LogP contribution in [0.25, 0.3) is 0 Å². The van der Waals surface area contributed by atoms with E-state index in [4.69, 9.17) is 5.73 Å². The van der Waals surface area contributed by atoms with E-state index >= 15 is 0 Å². The molecule has 0 aromatic rings. The van der Waals surface area contributed by atoms with Crippen LogP contribution in [0.5, 0.6) is 0 Å². The van der Waals surface area contributed by atoms with Crippen LogP contribution < -0.4 is 5.73 Å². The van der Waals surface area contributed by atoms with Gasteiger partial charge in [-0.1, -0.05) is 6.08 Å². The van der Waals surface area contributed by atoms with Gasteiger partial charge in [0.1, 0.15) is 5.83 Å². The second-order valence-corrected chi connectivity index (χ2v) is 2.80. The molecule has 6 heteroatoms. The highest BCUT2D eigenvalue weighted by Gasteiger charge is 2.35. The maximum atomic E-state index is 12.9. The third kappa shape index (κ3) is 3.87. The highest BCUT2D eigenvalue weighted by atomic mass is 32.1. The lowest BCUT2D eigenvalue weighted by Gasteiger charge is -2.08. The van der Waals surface area contributed by atoms with Crippen LogP contribution in [0.2, 0.25) is 0 Å². The van der Waals surface area contributed by atoms with Gasteiger partial charge in [-0.3, -0.25) is 0 Å². The van der Waals surface area contributed by atoms with E-state index < -0.39 is 17.6 Å². The molecule has 0 aromatic heterocycles. The van der Waals surface area contributed by atoms with Crippen molar-refractivity contribution in [3.8, 4) is 0 Å². The molecule has 1 nitrogen and oxygen atoms in total. The monoisotopic (exact) mass is 227 g/mol. The minimum absolute atomic E-state index is 0.0777. The van der Waals surface area contributed by atoms with Crippen LogP contribution in [-0.2, 0) is 0 Å². The molecule has 0 aliphatic carbocycles. The fourth-order valence-electron chi connectivity index (χ4n) is 0.693. The second kappa shape index (κ2) is 5.09.